The van der Waals surface area contributed by atoms with E-state index in [1.807, 2.05) is 0 Å². The topological polar surface area (TPSA) is 26.3 Å². The molecule has 0 radical (unpaired) electrons. The van der Waals surface area contributed by atoms with Crippen LogP contribution in [0.25, 0.3) is 0 Å². The normalized spacial score (nSPS) is 33.0. The van der Waals surface area contributed by atoms with E-state index in [0.717, 1.165) is 62.0 Å². The van der Waals surface area contributed by atoms with E-state index in [4.69, 9.17) is 4.74 Å². The van der Waals surface area contributed by atoms with Gasteiger partial charge in [0, 0.05) is 0 Å². The fraction of sp³-hybridized carbons (Fsp3) is 0.667. The second-order valence-corrected chi connectivity index (χ2v) is 10.3. The maximum Gasteiger partial charge on any atom is 0.416 e. The van der Waals surface area contributed by atoms with Crippen molar-refractivity contribution in [1.29, 1.82) is 0 Å². The Kier molecular flexibility index (Phi) is 7.49. The van der Waals surface area contributed by atoms with Crippen LogP contribution in [0.4, 0.5) is 17.6 Å². The van der Waals surface area contributed by atoms with Crippen LogP contribution in [0.15, 0.2) is 30.4 Å². The average molecular weight is 467 g/mol. The van der Waals surface area contributed by atoms with E-state index in [2.05, 4.69) is 19.1 Å². The fourth-order valence-electron chi connectivity index (χ4n) is 6.75. The molecule has 0 saturated heterocycles. The Bertz CT molecular complexity index is 854. The summed E-state index contributed by atoms with van der Waals surface area (Å²) in [5, 5.41) is 0. The Morgan fingerprint density at radius 1 is 0.970 bits per heavy atom. The van der Waals surface area contributed by atoms with E-state index in [-0.39, 0.29) is 11.8 Å². The molecule has 0 bridgehead atoms. The predicted octanol–water partition coefficient (Wildman–Crippen LogP) is 7.97. The molecule has 0 amide bonds. The molecule has 33 heavy (non-hydrogen) atoms. The van der Waals surface area contributed by atoms with Crippen molar-refractivity contribution in [2.24, 2.45) is 35.5 Å². The molecule has 2 nitrogen and oxygen atoms in total. The lowest BCUT2D eigenvalue weighted by Crippen LogP contribution is -2.40. The van der Waals surface area contributed by atoms with Gasteiger partial charge in [0.2, 0.25) is 0 Å². The van der Waals surface area contributed by atoms with Gasteiger partial charge in [-0.05, 0) is 106 Å². The van der Waals surface area contributed by atoms with Gasteiger partial charge < -0.3 is 4.74 Å². The third-order valence-corrected chi connectivity index (χ3v) is 8.41. The number of carbonyl (C=O) groups is 1. The van der Waals surface area contributed by atoms with Crippen LogP contribution in [0.3, 0.4) is 0 Å². The molecule has 0 N–H and O–H groups in total. The summed E-state index contributed by atoms with van der Waals surface area (Å²) in [6.45, 7) is 2.09. The Labute approximate surface area is 193 Å². The van der Waals surface area contributed by atoms with Gasteiger partial charge in [0.1, 0.15) is 0 Å². The number of hydrogen-bond donors (Lipinski definition) is 0. The molecule has 3 fully saturated rings. The highest BCUT2D eigenvalue weighted by Crippen LogP contribution is 2.50. The Morgan fingerprint density at radius 2 is 1.70 bits per heavy atom. The molecule has 3 aliphatic carbocycles. The van der Waals surface area contributed by atoms with Crippen LogP contribution in [0.5, 0.6) is 5.75 Å². The number of benzene rings is 1. The lowest BCUT2D eigenvalue weighted by atomic mass is 9.59. The first-order chi connectivity index (χ1) is 15.8. The van der Waals surface area contributed by atoms with Gasteiger partial charge in [-0.25, -0.2) is 4.39 Å². The van der Waals surface area contributed by atoms with Crippen molar-refractivity contribution < 1.29 is 27.1 Å². The first kappa shape index (κ1) is 24.3. The number of carbonyl (C=O) groups excluding carboxylic acids is 1. The van der Waals surface area contributed by atoms with Crippen LogP contribution in [0, 0.1) is 41.3 Å². The molecular formula is C27H34F4O2. The largest absolute Gasteiger partial charge is 0.423 e. The number of allylic oxidation sites excluding steroid dienone is 2. The molecule has 3 saturated carbocycles. The van der Waals surface area contributed by atoms with Crippen molar-refractivity contribution in [2.45, 2.75) is 77.3 Å². The smallest absolute Gasteiger partial charge is 0.416 e. The maximum atomic E-state index is 14.2. The number of esters is 1. The molecule has 4 unspecified atom stereocenters. The minimum absolute atomic E-state index is 0.236. The molecule has 1 aromatic rings. The highest BCUT2D eigenvalue weighted by Gasteiger charge is 2.43. The average Bonchev–Trinajstić information content (AvgIpc) is 2.79. The number of ether oxygens (including phenoxy) is 1. The van der Waals surface area contributed by atoms with Gasteiger partial charge in [0.15, 0.2) is 11.6 Å². The van der Waals surface area contributed by atoms with E-state index in [9.17, 15) is 22.4 Å². The van der Waals surface area contributed by atoms with Crippen molar-refractivity contribution in [3.63, 3.8) is 0 Å². The fourth-order valence-corrected chi connectivity index (χ4v) is 6.75. The van der Waals surface area contributed by atoms with Gasteiger partial charge in [-0.15, -0.1) is 0 Å². The summed E-state index contributed by atoms with van der Waals surface area (Å²) in [5.74, 6) is 0.595. The second kappa shape index (κ2) is 10.2. The Balaban J connectivity index is 1.36. The minimum atomic E-state index is -4.63. The number of alkyl halides is 3. The van der Waals surface area contributed by atoms with Crippen LogP contribution in [0.2, 0.25) is 0 Å². The molecular weight excluding hydrogens is 432 g/mol. The van der Waals surface area contributed by atoms with Crippen LogP contribution in [-0.2, 0) is 11.0 Å². The van der Waals surface area contributed by atoms with Gasteiger partial charge in [-0.3, -0.25) is 4.79 Å². The van der Waals surface area contributed by atoms with E-state index in [0.29, 0.717) is 18.4 Å². The van der Waals surface area contributed by atoms with Gasteiger partial charge in [0.05, 0.1) is 11.5 Å². The third kappa shape index (κ3) is 5.63. The number of fused-ring (bicyclic) bond motifs is 1. The van der Waals surface area contributed by atoms with Gasteiger partial charge in [-0.1, -0.05) is 25.0 Å². The zero-order chi connectivity index (χ0) is 23.6. The molecule has 3 aliphatic rings. The monoisotopic (exact) mass is 466 g/mol. The number of hydrogen-bond acceptors (Lipinski definition) is 2. The zero-order valence-corrected chi connectivity index (χ0v) is 19.3. The minimum Gasteiger partial charge on any atom is -0.423 e. The molecule has 0 aliphatic heterocycles. The summed E-state index contributed by atoms with van der Waals surface area (Å²) in [6, 6.07) is 2.06. The van der Waals surface area contributed by atoms with Gasteiger partial charge in [0.25, 0.3) is 0 Å². The van der Waals surface area contributed by atoms with Crippen LogP contribution in [0.1, 0.15) is 76.7 Å². The van der Waals surface area contributed by atoms with Crippen molar-refractivity contribution >= 4 is 5.97 Å². The first-order valence-electron chi connectivity index (χ1n) is 12.5. The highest BCUT2D eigenvalue weighted by molar-refractivity contribution is 5.75. The Hall–Kier alpha value is -1.85. The van der Waals surface area contributed by atoms with Crippen molar-refractivity contribution in [3.8, 4) is 5.75 Å². The van der Waals surface area contributed by atoms with E-state index >= 15 is 0 Å². The SMILES string of the molecule is C/C=C/C1CCC(C2CCC3C(CCCC3C(=O)Oc3ccc(C(F)(F)F)cc3F)C2)CC1. The molecule has 182 valence electrons. The molecule has 0 spiro atoms. The van der Waals surface area contributed by atoms with Crippen molar-refractivity contribution in [3.05, 3.63) is 41.7 Å². The quantitative estimate of drug-likeness (QED) is 0.195. The number of halogens is 4. The summed E-state index contributed by atoms with van der Waals surface area (Å²) in [6.07, 6.45) is 11.0. The summed E-state index contributed by atoms with van der Waals surface area (Å²) >= 11 is 0. The first-order valence-corrected chi connectivity index (χ1v) is 12.5. The summed E-state index contributed by atoms with van der Waals surface area (Å²) < 4.78 is 57.8. The van der Waals surface area contributed by atoms with Crippen LogP contribution < -0.4 is 4.74 Å². The Morgan fingerprint density at radius 3 is 2.36 bits per heavy atom. The zero-order valence-electron chi connectivity index (χ0n) is 19.3. The molecule has 0 aromatic heterocycles. The standard InChI is InChI=1S/C27H34F4O2/c1-2-4-17-7-9-18(10-8-17)19-11-13-22-20(15-19)5-3-6-23(22)26(32)33-25-14-12-21(16-24(25)28)27(29,30)31/h2,4,12,14,16-20,22-23H,3,5-11,13,15H2,1H3/b4-2+. The molecule has 6 heteroatoms. The summed E-state index contributed by atoms with van der Waals surface area (Å²) in [5.41, 5.74) is -1.09. The summed E-state index contributed by atoms with van der Waals surface area (Å²) in [7, 11) is 0. The van der Waals surface area contributed by atoms with E-state index < -0.39 is 29.3 Å². The number of rotatable bonds is 4. The predicted molar refractivity (Wildman–Crippen MR) is 119 cm³/mol. The van der Waals surface area contributed by atoms with Crippen LogP contribution >= 0.6 is 0 Å². The molecule has 1 aromatic carbocycles. The highest BCUT2D eigenvalue weighted by atomic mass is 19.4. The second-order valence-electron chi connectivity index (χ2n) is 10.3. The summed E-state index contributed by atoms with van der Waals surface area (Å²) in [4.78, 5) is 12.9. The van der Waals surface area contributed by atoms with Crippen molar-refractivity contribution in [1.82, 2.24) is 0 Å². The maximum absolute atomic E-state index is 14.2. The van der Waals surface area contributed by atoms with Crippen LogP contribution in [-0.4, -0.2) is 5.97 Å². The van der Waals surface area contributed by atoms with Gasteiger partial charge in [-0.2, -0.15) is 13.2 Å². The molecule has 4 rings (SSSR count). The molecule has 0 heterocycles. The van der Waals surface area contributed by atoms with Gasteiger partial charge >= 0.3 is 12.1 Å². The van der Waals surface area contributed by atoms with E-state index in [1.165, 1.54) is 25.7 Å². The van der Waals surface area contributed by atoms with E-state index in [1.54, 1.807) is 0 Å². The van der Waals surface area contributed by atoms with Crippen molar-refractivity contribution in [2.75, 3.05) is 0 Å². The third-order valence-electron chi connectivity index (χ3n) is 8.41. The lowest BCUT2D eigenvalue weighted by Gasteiger charge is -2.45. The molecule has 4 atom stereocenters. The lowest BCUT2D eigenvalue weighted by molar-refractivity contribution is -0.144.